The van der Waals surface area contributed by atoms with Gasteiger partial charge in [-0.25, -0.2) is 13.6 Å². The number of anilines is 1. The largest absolute Gasteiger partial charge is 0.489 e. The Kier molecular flexibility index (Phi) is 6.47. The zero-order chi connectivity index (χ0) is 18.2. The van der Waals surface area contributed by atoms with E-state index in [0.29, 0.717) is 18.0 Å². The second-order valence-electron chi connectivity index (χ2n) is 5.11. The second kappa shape index (κ2) is 8.79. The van der Waals surface area contributed by atoms with Crippen molar-refractivity contribution >= 4 is 11.7 Å². The highest BCUT2D eigenvalue weighted by Gasteiger charge is 2.18. The van der Waals surface area contributed by atoms with Gasteiger partial charge in [0.15, 0.2) is 0 Å². The average Bonchev–Trinajstić information content (AvgIpc) is 2.58. The first-order valence-electron chi connectivity index (χ1n) is 7.52. The molecule has 2 aromatic carbocycles. The lowest BCUT2D eigenvalue weighted by Crippen LogP contribution is -2.32. The van der Waals surface area contributed by atoms with Gasteiger partial charge in [-0.2, -0.15) is 0 Å². The van der Waals surface area contributed by atoms with Crippen LogP contribution in [0.25, 0.3) is 0 Å². The van der Waals surface area contributed by atoms with E-state index in [1.165, 1.54) is 6.07 Å². The predicted octanol–water partition coefficient (Wildman–Crippen LogP) is 3.38. The van der Waals surface area contributed by atoms with Crippen LogP contribution in [0.3, 0.4) is 0 Å². The summed E-state index contributed by atoms with van der Waals surface area (Å²) >= 11 is 0. The predicted molar refractivity (Wildman–Crippen MR) is 90.5 cm³/mol. The highest BCUT2D eigenvalue weighted by molar-refractivity contribution is 5.89. The molecule has 0 saturated carbocycles. The number of amides is 2. The molecule has 0 heterocycles. The molecule has 7 heteroatoms. The van der Waals surface area contributed by atoms with Crippen LogP contribution in [-0.4, -0.2) is 24.3 Å². The molecule has 1 atom stereocenters. The summed E-state index contributed by atoms with van der Waals surface area (Å²) in [6, 6.07) is 9.31. The van der Waals surface area contributed by atoms with Gasteiger partial charge in [-0.05, 0) is 24.3 Å². The van der Waals surface area contributed by atoms with E-state index in [1.54, 1.807) is 30.3 Å². The summed E-state index contributed by atoms with van der Waals surface area (Å²) in [5, 5.41) is 14.8. The van der Waals surface area contributed by atoms with Gasteiger partial charge in [0.2, 0.25) is 0 Å². The second-order valence-corrected chi connectivity index (χ2v) is 5.11. The minimum atomic E-state index is -1.51. The van der Waals surface area contributed by atoms with Crippen LogP contribution >= 0.6 is 0 Å². The zero-order valence-corrected chi connectivity index (χ0v) is 13.3. The lowest BCUT2D eigenvalue weighted by Gasteiger charge is -2.14. The van der Waals surface area contributed by atoms with Crippen molar-refractivity contribution in [2.45, 2.75) is 6.10 Å². The van der Waals surface area contributed by atoms with E-state index in [-0.39, 0.29) is 6.54 Å². The van der Waals surface area contributed by atoms with Gasteiger partial charge in [0, 0.05) is 18.3 Å². The highest BCUT2D eigenvalue weighted by atomic mass is 19.1. The third kappa shape index (κ3) is 5.29. The zero-order valence-electron chi connectivity index (χ0n) is 13.3. The maximum atomic E-state index is 13.6. The molecule has 0 radical (unpaired) electrons. The maximum absolute atomic E-state index is 13.6. The number of aliphatic hydroxyl groups is 1. The number of carbonyl (C=O) groups excluding carboxylic acids is 1. The fraction of sp³-hybridized carbons (Fsp3) is 0.167. The van der Waals surface area contributed by atoms with Gasteiger partial charge in [-0.15, -0.1) is 0 Å². The van der Waals surface area contributed by atoms with E-state index in [1.807, 2.05) is 0 Å². The molecule has 5 nitrogen and oxygen atoms in total. The van der Waals surface area contributed by atoms with Crippen molar-refractivity contribution in [3.8, 4) is 5.75 Å². The summed E-state index contributed by atoms with van der Waals surface area (Å²) < 4.78 is 32.5. The van der Waals surface area contributed by atoms with Crippen molar-refractivity contribution in [3.05, 3.63) is 72.3 Å². The van der Waals surface area contributed by atoms with Crippen LogP contribution in [0.4, 0.5) is 19.3 Å². The van der Waals surface area contributed by atoms with Gasteiger partial charge in [-0.3, -0.25) is 0 Å². The lowest BCUT2D eigenvalue weighted by molar-refractivity contribution is 0.166. The van der Waals surface area contributed by atoms with Crippen LogP contribution < -0.4 is 15.4 Å². The molecule has 2 amide bonds. The molecule has 0 aliphatic carbocycles. The van der Waals surface area contributed by atoms with Gasteiger partial charge in [0.1, 0.15) is 30.1 Å². The van der Waals surface area contributed by atoms with E-state index in [4.69, 9.17) is 4.74 Å². The van der Waals surface area contributed by atoms with Crippen molar-refractivity contribution in [1.82, 2.24) is 5.32 Å². The third-order valence-corrected chi connectivity index (χ3v) is 3.25. The molecule has 0 aliphatic heterocycles. The number of aliphatic hydroxyl groups excluding tert-OH is 1. The number of carbonyl (C=O) groups is 1. The van der Waals surface area contributed by atoms with Crippen molar-refractivity contribution in [1.29, 1.82) is 0 Å². The number of rotatable bonds is 7. The fourth-order valence-electron chi connectivity index (χ4n) is 2.11. The van der Waals surface area contributed by atoms with E-state index in [9.17, 15) is 18.7 Å². The molecule has 0 bridgehead atoms. The van der Waals surface area contributed by atoms with Gasteiger partial charge in [-0.1, -0.05) is 24.8 Å². The molecule has 132 valence electrons. The van der Waals surface area contributed by atoms with Crippen molar-refractivity contribution < 1.29 is 23.4 Å². The molecule has 3 N–H and O–H groups in total. The minimum Gasteiger partial charge on any atom is -0.489 e. The SMILES string of the molecule is C=CCOc1cccc(NC(=O)NCC(O)c2c(F)cccc2F)c1. The lowest BCUT2D eigenvalue weighted by atomic mass is 10.1. The number of halogens is 2. The summed E-state index contributed by atoms with van der Waals surface area (Å²) in [5.74, 6) is -1.20. The monoisotopic (exact) mass is 348 g/mol. The number of hydrogen-bond acceptors (Lipinski definition) is 3. The first-order valence-corrected chi connectivity index (χ1v) is 7.52. The molecule has 0 aromatic heterocycles. The Bertz CT molecular complexity index is 733. The molecule has 0 fully saturated rings. The van der Waals surface area contributed by atoms with Crippen LogP contribution in [0.2, 0.25) is 0 Å². The number of ether oxygens (including phenoxy) is 1. The van der Waals surface area contributed by atoms with Crippen molar-refractivity contribution in [2.75, 3.05) is 18.5 Å². The topological polar surface area (TPSA) is 70.6 Å². The summed E-state index contributed by atoms with van der Waals surface area (Å²) in [5.41, 5.74) is -0.0201. The molecule has 1 unspecified atom stereocenters. The quantitative estimate of drug-likeness (QED) is 0.672. The summed E-state index contributed by atoms with van der Waals surface area (Å²) in [6.45, 7) is 3.52. The maximum Gasteiger partial charge on any atom is 0.319 e. The van der Waals surface area contributed by atoms with Crippen molar-refractivity contribution in [2.24, 2.45) is 0 Å². The Morgan fingerprint density at radius 1 is 1.24 bits per heavy atom. The van der Waals surface area contributed by atoms with E-state index in [0.717, 1.165) is 12.1 Å². The Morgan fingerprint density at radius 2 is 1.92 bits per heavy atom. The molecule has 2 rings (SSSR count). The van der Waals surface area contributed by atoms with E-state index >= 15 is 0 Å². The number of hydrogen-bond donors (Lipinski definition) is 3. The van der Waals surface area contributed by atoms with Gasteiger partial charge < -0.3 is 20.5 Å². The molecular formula is C18H18F2N2O3. The standard InChI is InChI=1S/C18H18F2N2O3/c1-2-9-25-13-6-3-5-12(10-13)22-18(24)21-11-16(23)17-14(19)7-4-8-15(17)20/h2-8,10,16,23H,1,9,11H2,(H2,21,22,24). The first-order chi connectivity index (χ1) is 12.0. The van der Waals surface area contributed by atoms with Gasteiger partial charge in [0.25, 0.3) is 0 Å². The summed E-state index contributed by atoms with van der Waals surface area (Å²) in [7, 11) is 0. The summed E-state index contributed by atoms with van der Waals surface area (Å²) in [6.07, 6.45) is 0.0879. The molecule has 25 heavy (non-hydrogen) atoms. The molecule has 2 aromatic rings. The Labute approximate surface area is 143 Å². The Hall–Kier alpha value is -2.93. The molecule has 0 spiro atoms. The van der Waals surface area contributed by atoms with Gasteiger partial charge in [0.05, 0.1) is 5.56 Å². The number of urea groups is 1. The highest BCUT2D eigenvalue weighted by Crippen LogP contribution is 2.20. The number of nitrogens with one attached hydrogen (secondary N) is 2. The third-order valence-electron chi connectivity index (χ3n) is 3.25. The Balaban J connectivity index is 1.91. The smallest absolute Gasteiger partial charge is 0.319 e. The molecule has 0 aliphatic rings. The molecular weight excluding hydrogens is 330 g/mol. The Morgan fingerprint density at radius 3 is 2.60 bits per heavy atom. The van der Waals surface area contributed by atoms with Gasteiger partial charge >= 0.3 is 6.03 Å². The van der Waals surface area contributed by atoms with Crippen LogP contribution in [0, 0.1) is 11.6 Å². The van der Waals surface area contributed by atoms with Crippen LogP contribution in [0.5, 0.6) is 5.75 Å². The minimum absolute atomic E-state index is 0.329. The summed E-state index contributed by atoms with van der Waals surface area (Å²) in [4.78, 5) is 11.9. The molecule has 0 saturated heterocycles. The van der Waals surface area contributed by atoms with Crippen LogP contribution in [-0.2, 0) is 0 Å². The van der Waals surface area contributed by atoms with Crippen molar-refractivity contribution in [3.63, 3.8) is 0 Å². The fourth-order valence-corrected chi connectivity index (χ4v) is 2.11. The number of benzene rings is 2. The van der Waals surface area contributed by atoms with E-state index in [2.05, 4.69) is 17.2 Å². The first kappa shape index (κ1) is 18.4. The normalized spacial score (nSPS) is 11.5. The average molecular weight is 348 g/mol. The van der Waals surface area contributed by atoms with Crippen LogP contribution in [0.15, 0.2) is 55.1 Å². The van der Waals surface area contributed by atoms with E-state index < -0.39 is 29.3 Å². The van der Waals surface area contributed by atoms with Crippen LogP contribution in [0.1, 0.15) is 11.7 Å².